The predicted octanol–water partition coefficient (Wildman–Crippen LogP) is 7.13. The zero-order valence-corrected chi connectivity index (χ0v) is 26.1. The number of rotatable bonds is 8. The highest BCUT2D eigenvalue weighted by Crippen LogP contribution is 2.33. The Balaban J connectivity index is 1.38. The van der Waals surface area contributed by atoms with Gasteiger partial charge in [0, 0.05) is 34.9 Å². The van der Waals surface area contributed by atoms with Crippen LogP contribution in [-0.4, -0.2) is 54.4 Å². The molecule has 0 amide bonds. The molecule has 41 heavy (non-hydrogen) atoms. The van der Waals surface area contributed by atoms with Gasteiger partial charge in [-0.2, -0.15) is 0 Å². The number of anilines is 1. The summed E-state index contributed by atoms with van der Waals surface area (Å²) in [5.41, 5.74) is 5.19. The smallest absolute Gasteiger partial charge is 0.223 e. The summed E-state index contributed by atoms with van der Waals surface area (Å²) in [6, 6.07) is 13.5. The fourth-order valence-electron chi connectivity index (χ4n) is 5.63. The van der Waals surface area contributed by atoms with Gasteiger partial charge in [-0.3, -0.25) is 4.98 Å². The molecule has 0 spiro atoms. The molecule has 0 radical (unpaired) electrons. The van der Waals surface area contributed by atoms with Crippen molar-refractivity contribution in [2.75, 3.05) is 19.4 Å². The third-order valence-electron chi connectivity index (χ3n) is 7.95. The van der Waals surface area contributed by atoms with Gasteiger partial charge >= 0.3 is 0 Å². The third-order valence-corrected chi connectivity index (χ3v) is 10.6. The topological polar surface area (TPSA) is 88.1 Å². The van der Waals surface area contributed by atoms with Gasteiger partial charge in [-0.25, -0.2) is 18.4 Å². The molecule has 0 unspecified atom stereocenters. The Hall–Kier alpha value is -2.78. The zero-order chi connectivity index (χ0) is 29.3. The molecule has 1 N–H and O–H groups in total. The fourth-order valence-corrected chi connectivity index (χ4v) is 7.71. The van der Waals surface area contributed by atoms with Crippen molar-refractivity contribution < 1.29 is 8.42 Å². The van der Waals surface area contributed by atoms with Crippen LogP contribution in [0.5, 0.6) is 0 Å². The number of aryl methyl sites for hydroxylation is 2. The van der Waals surface area contributed by atoms with E-state index in [-0.39, 0.29) is 20.7 Å². The fraction of sp³-hybridized carbons (Fsp3) is 0.387. The van der Waals surface area contributed by atoms with Gasteiger partial charge in [-0.15, -0.1) is 0 Å². The largest absolute Gasteiger partial charge is 0.351 e. The van der Waals surface area contributed by atoms with Gasteiger partial charge in [0.05, 0.1) is 31.9 Å². The van der Waals surface area contributed by atoms with Crippen LogP contribution in [0.15, 0.2) is 53.6 Å². The summed E-state index contributed by atoms with van der Waals surface area (Å²) < 4.78 is 26.1. The Labute approximate surface area is 252 Å². The number of nitrogens with one attached hydrogen (secondary N) is 1. The van der Waals surface area contributed by atoms with Crippen LogP contribution < -0.4 is 5.32 Å². The molecule has 4 aromatic rings. The first-order chi connectivity index (χ1) is 19.6. The number of aromatic nitrogens is 3. The summed E-state index contributed by atoms with van der Waals surface area (Å²) in [6.45, 7) is 4.01. The first-order valence-electron chi connectivity index (χ1n) is 13.9. The minimum Gasteiger partial charge on any atom is -0.351 e. The summed E-state index contributed by atoms with van der Waals surface area (Å²) in [5.74, 6) is 0.406. The van der Waals surface area contributed by atoms with Gasteiger partial charge in [0.25, 0.3) is 0 Å². The minimum atomic E-state index is -3.73. The van der Waals surface area contributed by atoms with Gasteiger partial charge in [0.2, 0.25) is 5.95 Å². The second-order valence-corrected chi connectivity index (χ2v) is 13.7. The molecule has 1 aliphatic rings. The normalized spacial score (nSPS) is 17.7. The van der Waals surface area contributed by atoms with E-state index in [2.05, 4.69) is 53.3 Å². The number of nitrogens with zero attached hydrogens (tertiary/aromatic N) is 4. The van der Waals surface area contributed by atoms with Crippen LogP contribution in [0.25, 0.3) is 22.0 Å². The maximum absolute atomic E-state index is 13.1. The second-order valence-electron chi connectivity index (χ2n) is 11.0. The SMILES string of the molecule is CCc1cc(-c2ccc(CS(=O)(=O)c3cccc(Cl)c3Cl)nc2C)cc2cnc(NC3CCC(N(C)C)CC3)nc12. The monoisotopic (exact) mass is 611 g/mol. The molecule has 5 rings (SSSR count). The van der Waals surface area contributed by atoms with Crippen LogP contribution in [0.4, 0.5) is 5.95 Å². The van der Waals surface area contributed by atoms with E-state index in [9.17, 15) is 8.42 Å². The number of halogens is 2. The van der Waals surface area contributed by atoms with Crippen molar-refractivity contribution in [3.05, 3.63) is 75.7 Å². The number of sulfone groups is 1. The van der Waals surface area contributed by atoms with Crippen molar-refractivity contribution in [2.24, 2.45) is 0 Å². The average Bonchev–Trinajstić information content (AvgIpc) is 2.94. The van der Waals surface area contributed by atoms with Crippen molar-refractivity contribution in [1.82, 2.24) is 19.9 Å². The van der Waals surface area contributed by atoms with Gasteiger partial charge in [0.1, 0.15) is 0 Å². The number of hydrogen-bond acceptors (Lipinski definition) is 7. The van der Waals surface area contributed by atoms with Gasteiger partial charge in [-0.05, 0) is 94.6 Å². The Kier molecular flexibility index (Phi) is 8.85. The molecule has 7 nitrogen and oxygen atoms in total. The lowest BCUT2D eigenvalue weighted by Crippen LogP contribution is -2.36. The molecule has 2 aromatic carbocycles. The second kappa shape index (κ2) is 12.2. The van der Waals surface area contributed by atoms with Crippen molar-refractivity contribution in [2.45, 2.75) is 68.7 Å². The Morgan fingerprint density at radius 3 is 2.46 bits per heavy atom. The van der Waals surface area contributed by atoms with E-state index in [4.69, 9.17) is 28.2 Å². The standard InChI is InChI=1S/C31H35Cl2N5O2S/c1-5-20-15-21(16-22-17-34-31(37-30(20)22)36-23-9-12-25(13-10-23)38(3)4)26-14-11-24(35-19(26)2)18-41(39,40)28-8-6-7-27(32)29(28)33/h6-8,11,14-17,23,25H,5,9-10,12-13,18H2,1-4H3,(H,34,36,37). The molecule has 216 valence electrons. The summed E-state index contributed by atoms with van der Waals surface area (Å²) >= 11 is 12.2. The number of fused-ring (bicyclic) bond motifs is 1. The summed E-state index contributed by atoms with van der Waals surface area (Å²) in [5, 5.41) is 4.76. The lowest BCUT2D eigenvalue weighted by atomic mass is 9.90. The van der Waals surface area contributed by atoms with Crippen LogP contribution in [0, 0.1) is 6.92 Å². The van der Waals surface area contributed by atoms with E-state index in [1.54, 1.807) is 18.2 Å². The molecule has 1 fully saturated rings. The molecule has 1 saturated carbocycles. The molecular formula is C31H35Cl2N5O2S. The maximum Gasteiger partial charge on any atom is 0.223 e. The highest BCUT2D eigenvalue weighted by atomic mass is 35.5. The first kappa shape index (κ1) is 29.7. The van der Waals surface area contributed by atoms with Gasteiger partial charge in [0.15, 0.2) is 9.84 Å². The lowest BCUT2D eigenvalue weighted by Gasteiger charge is -2.33. The van der Waals surface area contributed by atoms with Crippen LogP contribution in [0.3, 0.4) is 0 Å². The Morgan fingerprint density at radius 1 is 1.02 bits per heavy atom. The molecule has 0 bridgehead atoms. The predicted molar refractivity (Wildman–Crippen MR) is 168 cm³/mol. The highest BCUT2D eigenvalue weighted by Gasteiger charge is 2.24. The van der Waals surface area contributed by atoms with E-state index in [1.807, 2.05) is 19.2 Å². The van der Waals surface area contributed by atoms with Crippen molar-refractivity contribution in [3.63, 3.8) is 0 Å². The lowest BCUT2D eigenvalue weighted by molar-refractivity contribution is 0.221. The van der Waals surface area contributed by atoms with E-state index >= 15 is 0 Å². The minimum absolute atomic E-state index is 0.00687. The van der Waals surface area contributed by atoms with Crippen LogP contribution >= 0.6 is 23.2 Å². The first-order valence-corrected chi connectivity index (χ1v) is 16.3. The molecular weight excluding hydrogens is 577 g/mol. The summed E-state index contributed by atoms with van der Waals surface area (Å²) in [6.07, 6.45) is 7.27. The molecule has 1 aliphatic carbocycles. The highest BCUT2D eigenvalue weighted by molar-refractivity contribution is 7.90. The van der Waals surface area contributed by atoms with Crippen LogP contribution in [-0.2, 0) is 22.0 Å². The maximum atomic E-state index is 13.1. The third kappa shape index (κ3) is 6.51. The molecule has 2 heterocycles. The van der Waals surface area contributed by atoms with E-state index in [0.29, 0.717) is 23.7 Å². The molecule has 0 atom stereocenters. The Bertz CT molecular complexity index is 1690. The van der Waals surface area contributed by atoms with E-state index < -0.39 is 9.84 Å². The summed E-state index contributed by atoms with van der Waals surface area (Å²) in [4.78, 5) is 16.5. The average molecular weight is 613 g/mol. The van der Waals surface area contributed by atoms with Crippen LogP contribution in [0.2, 0.25) is 10.0 Å². The molecule has 2 aromatic heterocycles. The van der Waals surface area contributed by atoms with E-state index in [0.717, 1.165) is 52.5 Å². The van der Waals surface area contributed by atoms with E-state index in [1.165, 1.54) is 18.9 Å². The summed E-state index contributed by atoms with van der Waals surface area (Å²) in [7, 11) is 0.582. The number of pyridine rings is 1. The van der Waals surface area contributed by atoms with Gasteiger partial charge < -0.3 is 10.2 Å². The van der Waals surface area contributed by atoms with Gasteiger partial charge in [-0.1, -0.05) is 42.3 Å². The van der Waals surface area contributed by atoms with Crippen LogP contribution in [0.1, 0.15) is 49.6 Å². The van der Waals surface area contributed by atoms with Crippen molar-refractivity contribution in [3.8, 4) is 11.1 Å². The number of benzene rings is 2. The Morgan fingerprint density at radius 2 is 1.78 bits per heavy atom. The quantitative estimate of drug-likeness (QED) is 0.227. The number of hydrogen-bond donors (Lipinski definition) is 1. The van der Waals surface area contributed by atoms with Crippen molar-refractivity contribution in [1.29, 1.82) is 0 Å². The molecule has 0 aliphatic heterocycles. The van der Waals surface area contributed by atoms with Crippen molar-refractivity contribution >= 4 is 49.9 Å². The molecule has 10 heteroatoms. The zero-order valence-electron chi connectivity index (χ0n) is 23.8. The molecule has 0 saturated heterocycles.